The first kappa shape index (κ1) is 10.4. The van der Waals surface area contributed by atoms with Gasteiger partial charge in [-0.1, -0.05) is 0 Å². The van der Waals surface area contributed by atoms with Crippen LogP contribution in [-0.2, 0) is 4.74 Å². The summed E-state index contributed by atoms with van der Waals surface area (Å²) in [5.41, 5.74) is -1.49. The van der Waals surface area contributed by atoms with E-state index < -0.39 is 24.2 Å². The van der Waals surface area contributed by atoms with Crippen molar-refractivity contribution in [3.05, 3.63) is 0 Å². The molecule has 1 aliphatic heterocycles. The third kappa shape index (κ3) is 2.18. The molecule has 1 amide bonds. The highest BCUT2D eigenvalue weighted by Crippen LogP contribution is 2.36. The van der Waals surface area contributed by atoms with Gasteiger partial charge in [-0.05, 0) is 6.92 Å². The number of nitrogens with zero attached hydrogens (tertiary/aromatic N) is 1. The Kier molecular flexibility index (Phi) is 2.36. The molecule has 0 spiro atoms. The molecule has 1 aliphatic rings. The van der Waals surface area contributed by atoms with Crippen molar-refractivity contribution in [3.63, 3.8) is 0 Å². The largest absolute Gasteiger partial charge is 0.446 e. The monoisotopic (exact) mass is 217 g/mol. The Morgan fingerprint density at radius 2 is 2.23 bits per heavy atom. The lowest BCUT2D eigenvalue weighted by atomic mass is 10.00. The third-order valence-electron chi connectivity index (χ3n) is 1.72. The van der Waals surface area contributed by atoms with Crippen LogP contribution in [0.25, 0.3) is 0 Å². The quantitative estimate of drug-likeness (QED) is 0.631. The summed E-state index contributed by atoms with van der Waals surface area (Å²) in [6.45, 7) is 0.882. The van der Waals surface area contributed by atoms with E-state index in [2.05, 4.69) is 4.74 Å². The molecule has 0 radical (unpaired) electrons. The summed E-state index contributed by atoms with van der Waals surface area (Å²) in [7, 11) is 0. The number of carbonyl (C=O) groups excluding carboxylic acids is 1. The Labute approximate surface area is 77.5 Å². The molecular formula is C6H7ClF3NO2. The smallest absolute Gasteiger partial charge is 0.425 e. The van der Waals surface area contributed by atoms with Crippen LogP contribution in [0.1, 0.15) is 13.3 Å². The molecule has 0 unspecified atom stereocenters. The van der Waals surface area contributed by atoms with Crippen LogP contribution < -0.4 is 0 Å². The van der Waals surface area contributed by atoms with Crippen LogP contribution in [0.4, 0.5) is 18.0 Å². The van der Waals surface area contributed by atoms with Crippen molar-refractivity contribution < 1.29 is 22.7 Å². The molecule has 0 aromatic rings. The van der Waals surface area contributed by atoms with E-state index in [1.165, 1.54) is 6.92 Å². The van der Waals surface area contributed by atoms with E-state index in [1.807, 2.05) is 0 Å². The van der Waals surface area contributed by atoms with Gasteiger partial charge in [0, 0.05) is 11.8 Å². The molecule has 0 saturated carbocycles. The fourth-order valence-electron chi connectivity index (χ4n) is 1.10. The number of hydrogen-bond donors (Lipinski definition) is 0. The van der Waals surface area contributed by atoms with Gasteiger partial charge in [-0.2, -0.15) is 13.2 Å². The van der Waals surface area contributed by atoms with Crippen LogP contribution in [0.3, 0.4) is 0 Å². The van der Waals surface area contributed by atoms with E-state index >= 15 is 0 Å². The molecule has 76 valence electrons. The number of cyclic esters (lactones) is 1. The third-order valence-corrected chi connectivity index (χ3v) is 2.27. The number of amides is 1. The number of carbonyl (C=O) groups is 1. The van der Waals surface area contributed by atoms with Gasteiger partial charge in [0.15, 0.2) is 0 Å². The van der Waals surface area contributed by atoms with E-state index in [0.29, 0.717) is 4.42 Å². The van der Waals surface area contributed by atoms with Crippen molar-refractivity contribution in [2.75, 3.05) is 6.61 Å². The van der Waals surface area contributed by atoms with Gasteiger partial charge in [-0.3, -0.25) is 0 Å². The van der Waals surface area contributed by atoms with E-state index in [9.17, 15) is 18.0 Å². The Balaban J connectivity index is 2.72. The Hall–Kier alpha value is -0.650. The summed E-state index contributed by atoms with van der Waals surface area (Å²) >= 11 is 5.33. The van der Waals surface area contributed by atoms with Gasteiger partial charge in [-0.25, -0.2) is 9.21 Å². The normalized spacial score (nSPS) is 29.3. The van der Waals surface area contributed by atoms with Crippen LogP contribution in [0.15, 0.2) is 0 Å². The second kappa shape index (κ2) is 2.94. The number of rotatable bonds is 1. The van der Waals surface area contributed by atoms with Crippen molar-refractivity contribution in [2.45, 2.75) is 25.1 Å². The number of halogens is 4. The fraction of sp³-hybridized carbons (Fsp3) is 0.833. The van der Waals surface area contributed by atoms with Crippen molar-refractivity contribution in [1.29, 1.82) is 0 Å². The minimum absolute atomic E-state index is 0.338. The van der Waals surface area contributed by atoms with Gasteiger partial charge in [0.25, 0.3) is 0 Å². The molecule has 0 bridgehead atoms. The number of ether oxygens (including phenoxy) is 1. The Morgan fingerprint density at radius 1 is 1.69 bits per heavy atom. The maximum Gasteiger partial charge on any atom is 0.425 e. The van der Waals surface area contributed by atoms with Crippen LogP contribution in [0.5, 0.6) is 0 Å². The van der Waals surface area contributed by atoms with E-state index in [-0.39, 0.29) is 6.61 Å². The van der Waals surface area contributed by atoms with Crippen LogP contribution in [0, 0.1) is 0 Å². The van der Waals surface area contributed by atoms with Crippen LogP contribution in [0.2, 0.25) is 0 Å². The highest BCUT2D eigenvalue weighted by molar-refractivity contribution is 6.21. The summed E-state index contributed by atoms with van der Waals surface area (Å²) in [6, 6.07) is 0. The highest BCUT2D eigenvalue weighted by atomic mass is 35.5. The standard InChI is InChI=1S/C6H7ClF3NO2/c1-5(2-6(8,9)10)3-13-4(12)11(5)7/h2-3H2,1H3/t5-/m1/s1. The van der Waals surface area contributed by atoms with Gasteiger partial charge < -0.3 is 4.74 Å². The molecular weight excluding hydrogens is 211 g/mol. The van der Waals surface area contributed by atoms with E-state index in [1.54, 1.807) is 0 Å². The summed E-state index contributed by atoms with van der Waals surface area (Å²) in [5.74, 6) is 0. The maximum absolute atomic E-state index is 12.0. The molecule has 0 aromatic carbocycles. The average Bonchev–Trinajstić information content (AvgIpc) is 2.14. The summed E-state index contributed by atoms with van der Waals surface area (Å²) in [4.78, 5) is 10.7. The van der Waals surface area contributed by atoms with Crippen LogP contribution >= 0.6 is 11.8 Å². The molecule has 1 saturated heterocycles. The van der Waals surface area contributed by atoms with Gasteiger partial charge >= 0.3 is 12.3 Å². The first-order chi connectivity index (χ1) is 5.75. The summed E-state index contributed by atoms with van der Waals surface area (Å²) < 4.78 is 40.8. The predicted octanol–water partition coefficient (Wildman–Crippen LogP) is 2.30. The second-order valence-electron chi connectivity index (χ2n) is 3.12. The number of alkyl halides is 3. The van der Waals surface area contributed by atoms with Gasteiger partial charge in [0.1, 0.15) is 12.1 Å². The van der Waals surface area contributed by atoms with Gasteiger partial charge in [0.2, 0.25) is 0 Å². The highest BCUT2D eigenvalue weighted by Gasteiger charge is 2.50. The van der Waals surface area contributed by atoms with Crippen molar-refractivity contribution in [2.24, 2.45) is 0 Å². The average molecular weight is 218 g/mol. The molecule has 1 heterocycles. The van der Waals surface area contributed by atoms with Crippen molar-refractivity contribution in [3.8, 4) is 0 Å². The zero-order valence-electron chi connectivity index (χ0n) is 6.69. The molecule has 0 aromatic heterocycles. The molecule has 0 N–H and O–H groups in total. The van der Waals surface area contributed by atoms with Crippen molar-refractivity contribution in [1.82, 2.24) is 4.42 Å². The predicted molar refractivity (Wildman–Crippen MR) is 38.1 cm³/mol. The minimum Gasteiger partial charge on any atom is -0.446 e. The fourth-order valence-corrected chi connectivity index (χ4v) is 1.26. The lowest BCUT2D eigenvalue weighted by molar-refractivity contribution is -0.151. The molecule has 3 nitrogen and oxygen atoms in total. The van der Waals surface area contributed by atoms with Gasteiger partial charge in [-0.15, -0.1) is 0 Å². The molecule has 1 rings (SSSR count). The molecule has 7 heteroatoms. The molecule has 13 heavy (non-hydrogen) atoms. The lowest BCUT2D eigenvalue weighted by Gasteiger charge is -2.26. The molecule has 1 atom stereocenters. The number of hydrogen-bond acceptors (Lipinski definition) is 2. The summed E-state index contributed by atoms with van der Waals surface area (Å²) in [6.07, 6.45) is -6.47. The first-order valence-electron chi connectivity index (χ1n) is 3.44. The topological polar surface area (TPSA) is 29.5 Å². The van der Waals surface area contributed by atoms with E-state index in [4.69, 9.17) is 11.8 Å². The minimum atomic E-state index is -4.37. The lowest BCUT2D eigenvalue weighted by Crippen LogP contribution is -2.42. The summed E-state index contributed by atoms with van der Waals surface area (Å²) in [5, 5.41) is 0. The zero-order valence-corrected chi connectivity index (χ0v) is 7.45. The Bertz CT molecular complexity index is 232. The SMILES string of the molecule is C[C@@]1(CC(F)(F)F)COC(=O)N1Cl. The molecule has 0 aliphatic carbocycles. The second-order valence-corrected chi connectivity index (χ2v) is 3.46. The zero-order chi connectivity index (χ0) is 10.3. The van der Waals surface area contributed by atoms with Gasteiger partial charge in [0.05, 0.1) is 6.42 Å². The maximum atomic E-state index is 12.0. The van der Waals surface area contributed by atoms with E-state index in [0.717, 1.165) is 0 Å². The Morgan fingerprint density at radius 3 is 2.54 bits per heavy atom. The van der Waals surface area contributed by atoms with Crippen LogP contribution in [-0.4, -0.2) is 28.8 Å². The first-order valence-corrected chi connectivity index (χ1v) is 3.78. The van der Waals surface area contributed by atoms with Crippen molar-refractivity contribution >= 4 is 17.9 Å². The molecule has 1 fully saturated rings.